The van der Waals surface area contributed by atoms with Crippen LogP contribution in [-0.2, 0) is 4.79 Å². The van der Waals surface area contributed by atoms with Gasteiger partial charge in [-0.25, -0.2) is 0 Å². The fraction of sp³-hybridized carbons (Fsp3) is 0.941. The summed E-state index contributed by atoms with van der Waals surface area (Å²) < 4.78 is 0. The fourth-order valence-electron chi connectivity index (χ4n) is 3.52. The van der Waals surface area contributed by atoms with Crippen LogP contribution in [0.15, 0.2) is 0 Å². The quantitative estimate of drug-likeness (QED) is 0.449. The van der Waals surface area contributed by atoms with Crippen molar-refractivity contribution in [2.45, 2.75) is 103 Å². The number of rotatable bonds is 13. The molecule has 0 aliphatic rings. The van der Waals surface area contributed by atoms with Crippen molar-refractivity contribution >= 4 is 14.0 Å². The minimum atomic E-state index is -1.55. The first-order valence-electron chi connectivity index (χ1n) is 8.87. The molecule has 2 N–H and O–H groups in total. The van der Waals surface area contributed by atoms with Gasteiger partial charge >= 0.3 is 0 Å². The van der Waals surface area contributed by atoms with Gasteiger partial charge in [0, 0.05) is 5.54 Å². The highest BCUT2D eigenvalue weighted by Gasteiger charge is 2.41. The van der Waals surface area contributed by atoms with Crippen LogP contribution in [0.25, 0.3) is 0 Å². The first-order chi connectivity index (χ1) is 9.57. The van der Waals surface area contributed by atoms with E-state index in [-0.39, 0.29) is 11.4 Å². The van der Waals surface area contributed by atoms with Gasteiger partial charge in [-0.1, -0.05) is 90.8 Å². The SMILES string of the molecule is CCCC[Si](CCCC)(CCCC)C(CCC)C(N)=O. The van der Waals surface area contributed by atoms with Gasteiger partial charge in [0.05, 0.1) is 8.07 Å². The normalized spacial score (nSPS) is 13.4. The maximum atomic E-state index is 12.1. The predicted octanol–water partition coefficient (Wildman–Crippen LogP) is 5.49. The first-order valence-corrected chi connectivity index (χ1v) is 11.6. The van der Waals surface area contributed by atoms with Crippen LogP contribution in [0.5, 0.6) is 0 Å². The van der Waals surface area contributed by atoms with Crippen LogP contribution in [0.3, 0.4) is 0 Å². The van der Waals surface area contributed by atoms with Gasteiger partial charge < -0.3 is 5.73 Å². The zero-order valence-corrected chi connectivity index (χ0v) is 15.3. The maximum absolute atomic E-state index is 12.1. The summed E-state index contributed by atoms with van der Waals surface area (Å²) in [6.07, 6.45) is 9.69. The van der Waals surface area contributed by atoms with Crippen LogP contribution < -0.4 is 5.73 Å². The number of nitrogens with two attached hydrogens (primary N) is 1. The zero-order valence-electron chi connectivity index (χ0n) is 14.3. The molecule has 1 atom stereocenters. The Morgan fingerprint density at radius 1 is 0.850 bits per heavy atom. The standard InChI is InChI=1S/C17H37NOSi/c1-5-9-13-20(14-10-6-2,15-11-7-3)16(12-8-4)17(18)19/h16H,5-15H2,1-4H3,(H2,18,19). The van der Waals surface area contributed by atoms with Crippen molar-refractivity contribution in [1.82, 2.24) is 0 Å². The van der Waals surface area contributed by atoms with Gasteiger partial charge in [0.2, 0.25) is 5.91 Å². The van der Waals surface area contributed by atoms with E-state index in [1.165, 1.54) is 56.7 Å². The lowest BCUT2D eigenvalue weighted by Crippen LogP contribution is -2.45. The number of hydrogen-bond donors (Lipinski definition) is 1. The van der Waals surface area contributed by atoms with E-state index in [1.54, 1.807) is 0 Å². The third kappa shape index (κ3) is 6.42. The van der Waals surface area contributed by atoms with Crippen molar-refractivity contribution in [1.29, 1.82) is 0 Å². The summed E-state index contributed by atoms with van der Waals surface area (Å²) >= 11 is 0. The summed E-state index contributed by atoms with van der Waals surface area (Å²) in [5.41, 5.74) is 6.04. The molecule has 3 heteroatoms. The minimum Gasteiger partial charge on any atom is -0.370 e. The van der Waals surface area contributed by atoms with Crippen molar-refractivity contribution in [3.63, 3.8) is 0 Å². The van der Waals surface area contributed by atoms with Crippen molar-refractivity contribution in [3.8, 4) is 0 Å². The molecule has 0 rings (SSSR count). The Balaban J connectivity index is 5.20. The lowest BCUT2D eigenvalue weighted by Gasteiger charge is -2.38. The smallest absolute Gasteiger partial charge is 0.217 e. The van der Waals surface area contributed by atoms with Crippen LogP contribution >= 0.6 is 0 Å². The fourth-order valence-corrected chi connectivity index (χ4v) is 10.00. The van der Waals surface area contributed by atoms with Gasteiger partial charge in [-0.15, -0.1) is 0 Å². The number of amides is 1. The third-order valence-corrected chi connectivity index (χ3v) is 10.8. The number of hydrogen-bond acceptors (Lipinski definition) is 1. The van der Waals surface area contributed by atoms with E-state index in [9.17, 15) is 4.79 Å². The Morgan fingerprint density at radius 3 is 1.50 bits per heavy atom. The van der Waals surface area contributed by atoms with Gasteiger partial charge in [-0.2, -0.15) is 0 Å². The summed E-state index contributed by atoms with van der Waals surface area (Å²) in [4.78, 5) is 12.1. The van der Waals surface area contributed by atoms with E-state index in [0.717, 1.165) is 12.8 Å². The predicted molar refractivity (Wildman–Crippen MR) is 92.8 cm³/mol. The van der Waals surface area contributed by atoms with E-state index < -0.39 is 8.07 Å². The lowest BCUT2D eigenvalue weighted by atomic mass is 10.2. The van der Waals surface area contributed by atoms with E-state index in [2.05, 4.69) is 27.7 Å². The molecule has 0 saturated heterocycles. The molecule has 1 unspecified atom stereocenters. The van der Waals surface area contributed by atoms with Crippen LogP contribution in [0.1, 0.15) is 79.1 Å². The molecular weight excluding hydrogens is 262 g/mol. The molecule has 0 aromatic rings. The molecule has 0 aromatic carbocycles. The second-order valence-corrected chi connectivity index (χ2v) is 11.3. The summed E-state index contributed by atoms with van der Waals surface area (Å²) in [6.45, 7) is 8.97. The first kappa shape index (κ1) is 19.7. The summed E-state index contributed by atoms with van der Waals surface area (Å²) in [5, 5.41) is 0. The van der Waals surface area contributed by atoms with Gasteiger partial charge in [0.1, 0.15) is 0 Å². The number of primary amides is 1. The molecule has 0 saturated carbocycles. The Kier molecular flexibility index (Phi) is 11.2. The molecule has 0 fully saturated rings. The second kappa shape index (κ2) is 11.4. The van der Waals surface area contributed by atoms with E-state index >= 15 is 0 Å². The van der Waals surface area contributed by atoms with E-state index in [4.69, 9.17) is 5.73 Å². The maximum Gasteiger partial charge on any atom is 0.217 e. The van der Waals surface area contributed by atoms with Gasteiger partial charge in [0.25, 0.3) is 0 Å². The Bertz CT molecular complexity index is 234. The van der Waals surface area contributed by atoms with Crippen LogP contribution in [0.2, 0.25) is 23.7 Å². The van der Waals surface area contributed by atoms with Gasteiger partial charge in [-0.05, 0) is 6.42 Å². The molecule has 2 nitrogen and oxygen atoms in total. The number of carbonyl (C=O) groups is 1. The molecule has 0 aliphatic heterocycles. The van der Waals surface area contributed by atoms with Gasteiger partial charge in [-0.3, -0.25) is 4.79 Å². The van der Waals surface area contributed by atoms with Crippen molar-refractivity contribution in [2.75, 3.05) is 0 Å². The highest BCUT2D eigenvalue weighted by Crippen LogP contribution is 2.40. The summed E-state index contributed by atoms with van der Waals surface area (Å²) in [5.74, 6) is 0.00169. The number of carbonyl (C=O) groups excluding carboxylic acids is 1. The van der Waals surface area contributed by atoms with Crippen molar-refractivity contribution < 1.29 is 4.79 Å². The zero-order chi connectivity index (χ0) is 15.4. The summed E-state index contributed by atoms with van der Waals surface area (Å²) in [6, 6.07) is 3.95. The highest BCUT2D eigenvalue weighted by molar-refractivity contribution is 6.84. The summed E-state index contributed by atoms with van der Waals surface area (Å²) in [7, 11) is -1.55. The molecule has 1 amide bonds. The van der Waals surface area contributed by atoms with Crippen molar-refractivity contribution in [2.24, 2.45) is 5.73 Å². The molecular formula is C17H37NOSi. The molecule has 0 spiro atoms. The average molecular weight is 300 g/mol. The molecule has 0 aliphatic carbocycles. The third-order valence-electron chi connectivity index (χ3n) is 4.74. The molecule has 0 heterocycles. The number of unbranched alkanes of at least 4 members (excludes halogenated alkanes) is 3. The highest BCUT2D eigenvalue weighted by atomic mass is 28.3. The van der Waals surface area contributed by atoms with Crippen molar-refractivity contribution in [3.05, 3.63) is 0 Å². The van der Waals surface area contributed by atoms with Crippen LogP contribution in [-0.4, -0.2) is 14.0 Å². The lowest BCUT2D eigenvalue weighted by molar-refractivity contribution is -0.118. The van der Waals surface area contributed by atoms with E-state index in [0.29, 0.717) is 0 Å². The molecule has 0 bridgehead atoms. The Morgan fingerprint density at radius 2 is 1.25 bits per heavy atom. The van der Waals surface area contributed by atoms with Crippen LogP contribution in [0.4, 0.5) is 0 Å². The minimum absolute atomic E-state index is 0.00169. The second-order valence-electron chi connectivity index (χ2n) is 6.42. The molecule has 0 aromatic heterocycles. The Labute approximate surface area is 127 Å². The average Bonchev–Trinajstić information content (AvgIpc) is 2.44. The molecule has 0 radical (unpaired) electrons. The topological polar surface area (TPSA) is 43.1 Å². The largest absolute Gasteiger partial charge is 0.370 e. The molecule has 20 heavy (non-hydrogen) atoms. The monoisotopic (exact) mass is 299 g/mol. The Hall–Kier alpha value is -0.313. The van der Waals surface area contributed by atoms with E-state index in [1.807, 2.05) is 0 Å². The van der Waals surface area contributed by atoms with Gasteiger partial charge in [0.15, 0.2) is 0 Å². The van der Waals surface area contributed by atoms with Crippen LogP contribution in [0, 0.1) is 0 Å². The molecule has 120 valence electrons.